The third kappa shape index (κ3) is 2.15. The van der Waals surface area contributed by atoms with Gasteiger partial charge < -0.3 is 5.11 Å². The highest BCUT2D eigenvalue weighted by Crippen LogP contribution is 2.22. The lowest BCUT2D eigenvalue weighted by Gasteiger charge is -2.01. The summed E-state index contributed by atoms with van der Waals surface area (Å²) in [5.74, 6) is -0.831. The third-order valence-electron chi connectivity index (χ3n) is 2.01. The number of aliphatic carboxylic acids is 1. The van der Waals surface area contributed by atoms with Crippen LogP contribution in [0.3, 0.4) is 0 Å². The Morgan fingerprint density at radius 1 is 1.57 bits per heavy atom. The molecule has 0 aliphatic carbocycles. The average Bonchev–Trinajstić information content (AvgIpc) is 2.43. The smallest absolute Gasteiger partial charge is 0.309 e. The van der Waals surface area contributed by atoms with Crippen molar-refractivity contribution < 1.29 is 9.90 Å². The molecule has 1 aromatic rings. The van der Waals surface area contributed by atoms with Gasteiger partial charge in [0.25, 0.3) is 0 Å². The molecule has 0 radical (unpaired) electrons. The van der Waals surface area contributed by atoms with Gasteiger partial charge in [-0.1, -0.05) is 6.92 Å². The van der Waals surface area contributed by atoms with Crippen LogP contribution in [0.1, 0.15) is 25.2 Å². The average molecular weight is 261 g/mol. The fraction of sp³-hybridized carbons (Fsp3) is 0.556. The van der Waals surface area contributed by atoms with E-state index in [-0.39, 0.29) is 6.42 Å². The van der Waals surface area contributed by atoms with Gasteiger partial charge in [-0.2, -0.15) is 5.10 Å². The van der Waals surface area contributed by atoms with Gasteiger partial charge in [0.1, 0.15) is 0 Å². The summed E-state index contributed by atoms with van der Waals surface area (Å²) in [7, 11) is 0. The highest BCUT2D eigenvalue weighted by Gasteiger charge is 2.15. The molecule has 0 aliphatic heterocycles. The van der Waals surface area contributed by atoms with Crippen LogP contribution in [0, 0.1) is 0 Å². The van der Waals surface area contributed by atoms with Gasteiger partial charge in [-0.05, 0) is 29.3 Å². The second-order valence-corrected chi connectivity index (χ2v) is 3.74. The van der Waals surface area contributed by atoms with Crippen molar-refractivity contribution in [2.45, 2.75) is 33.2 Å². The van der Waals surface area contributed by atoms with Crippen molar-refractivity contribution in [3.8, 4) is 0 Å². The monoisotopic (exact) mass is 260 g/mol. The summed E-state index contributed by atoms with van der Waals surface area (Å²) in [6.07, 6.45) is 0.821. The zero-order valence-corrected chi connectivity index (χ0v) is 9.84. The first-order valence-corrected chi connectivity index (χ1v) is 5.35. The molecule has 0 aliphatic rings. The minimum absolute atomic E-state index is 0.0153. The van der Waals surface area contributed by atoms with E-state index in [0.717, 1.165) is 22.3 Å². The Morgan fingerprint density at radius 2 is 2.21 bits per heavy atom. The van der Waals surface area contributed by atoms with Crippen molar-refractivity contribution in [1.82, 2.24) is 9.78 Å². The zero-order chi connectivity index (χ0) is 10.7. The lowest BCUT2D eigenvalue weighted by atomic mass is 10.2. The first-order valence-electron chi connectivity index (χ1n) is 4.56. The fourth-order valence-electron chi connectivity index (χ4n) is 1.33. The molecule has 0 atom stereocenters. The summed E-state index contributed by atoms with van der Waals surface area (Å²) in [5, 5.41) is 13.0. The van der Waals surface area contributed by atoms with Crippen molar-refractivity contribution in [3.05, 3.63) is 15.9 Å². The van der Waals surface area contributed by atoms with Gasteiger partial charge in [0.2, 0.25) is 0 Å². The van der Waals surface area contributed by atoms with Gasteiger partial charge in [0.05, 0.1) is 22.3 Å². The van der Waals surface area contributed by atoms with E-state index in [1.165, 1.54) is 0 Å². The summed E-state index contributed by atoms with van der Waals surface area (Å²) in [6.45, 7) is 4.64. The normalized spacial score (nSPS) is 10.5. The summed E-state index contributed by atoms with van der Waals surface area (Å²) < 4.78 is 2.57. The SMILES string of the molecule is CCc1nn(CC)c(CC(=O)O)c1Br. The highest BCUT2D eigenvalue weighted by atomic mass is 79.9. The molecular formula is C9H13BrN2O2. The molecule has 0 bridgehead atoms. The van der Waals surface area contributed by atoms with Crippen molar-refractivity contribution in [3.63, 3.8) is 0 Å². The topological polar surface area (TPSA) is 55.1 Å². The largest absolute Gasteiger partial charge is 0.481 e. The summed E-state index contributed by atoms with van der Waals surface area (Å²) in [4.78, 5) is 10.6. The van der Waals surface area contributed by atoms with E-state index in [1.807, 2.05) is 13.8 Å². The van der Waals surface area contributed by atoms with E-state index in [4.69, 9.17) is 5.11 Å². The zero-order valence-electron chi connectivity index (χ0n) is 8.25. The number of carboxylic acid groups (broad SMARTS) is 1. The molecule has 5 heteroatoms. The van der Waals surface area contributed by atoms with Crippen LogP contribution in [0.15, 0.2) is 4.47 Å². The molecule has 0 fully saturated rings. The van der Waals surface area contributed by atoms with Crippen LogP contribution in [0.2, 0.25) is 0 Å². The summed E-state index contributed by atoms with van der Waals surface area (Å²) in [5.41, 5.74) is 1.67. The predicted octanol–water partition coefficient (Wildman–Crippen LogP) is 1.85. The van der Waals surface area contributed by atoms with E-state index < -0.39 is 5.97 Å². The molecule has 1 aromatic heterocycles. The number of rotatable bonds is 4. The maximum atomic E-state index is 10.6. The number of halogens is 1. The molecule has 0 amide bonds. The van der Waals surface area contributed by atoms with Crippen LogP contribution in [-0.2, 0) is 24.2 Å². The van der Waals surface area contributed by atoms with E-state index in [1.54, 1.807) is 4.68 Å². The maximum absolute atomic E-state index is 10.6. The summed E-state index contributed by atoms with van der Waals surface area (Å²) in [6, 6.07) is 0. The maximum Gasteiger partial charge on any atom is 0.309 e. The van der Waals surface area contributed by atoms with Crippen LogP contribution in [-0.4, -0.2) is 20.9 Å². The number of hydrogen-bond donors (Lipinski definition) is 1. The fourth-order valence-corrected chi connectivity index (χ4v) is 2.03. The van der Waals surface area contributed by atoms with Gasteiger partial charge in [-0.15, -0.1) is 0 Å². The Balaban J connectivity index is 3.10. The van der Waals surface area contributed by atoms with Gasteiger partial charge in [-0.25, -0.2) is 0 Å². The summed E-state index contributed by atoms with van der Waals surface area (Å²) >= 11 is 3.38. The molecule has 1 rings (SSSR count). The van der Waals surface area contributed by atoms with E-state index in [2.05, 4.69) is 21.0 Å². The van der Waals surface area contributed by atoms with Gasteiger partial charge >= 0.3 is 5.97 Å². The first kappa shape index (κ1) is 11.2. The first-order chi connectivity index (χ1) is 6.60. The van der Waals surface area contributed by atoms with Crippen LogP contribution in [0.4, 0.5) is 0 Å². The molecule has 1 N–H and O–H groups in total. The number of carbonyl (C=O) groups is 1. The van der Waals surface area contributed by atoms with Crippen LogP contribution in [0.5, 0.6) is 0 Å². The van der Waals surface area contributed by atoms with Crippen molar-refractivity contribution >= 4 is 21.9 Å². The van der Waals surface area contributed by atoms with Crippen LogP contribution < -0.4 is 0 Å². The molecule has 78 valence electrons. The van der Waals surface area contributed by atoms with E-state index in [9.17, 15) is 4.79 Å². The predicted molar refractivity (Wildman–Crippen MR) is 56.3 cm³/mol. The highest BCUT2D eigenvalue weighted by molar-refractivity contribution is 9.10. The number of carboxylic acids is 1. The Hall–Kier alpha value is -0.840. The van der Waals surface area contributed by atoms with Crippen LogP contribution in [0.25, 0.3) is 0 Å². The minimum atomic E-state index is -0.831. The standard InChI is InChI=1S/C9H13BrN2O2/c1-3-6-9(10)7(5-8(13)14)12(4-2)11-6/h3-5H2,1-2H3,(H,13,14). The lowest BCUT2D eigenvalue weighted by molar-refractivity contribution is -0.136. The van der Waals surface area contributed by atoms with Gasteiger partial charge in [0.15, 0.2) is 0 Å². The Morgan fingerprint density at radius 3 is 2.64 bits per heavy atom. The minimum Gasteiger partial charge on any atom is -0.481 e. The molecule has 0 saturated carbocycles. The molecule has 14 heavy (non-hydrogen) atoms. The number of nitrogens with zero attached hydrogens (tertiary/aromatic N) is 2. The quantitative estimate of drug-likeness (QED) is 0.899. The van der Waals surface area contributed by atoms with Gasteiger partial charge in [-0.3, -0.25) is 9.48 Å². The van der Waals surface area contributed by atoms with Gasteiger partial charge in [0, 0.05) is 6.54 Å². The Bertz CT molecular complexity index is 347. The van der Waals surface area contributed by atoms with Crippen molar-refractivity contribution in [2.75, 3.05) is 0 Å². The van der Waals surface area contributed by atoms with Crippen LogP contribution >= 0.6 is 15.9 Å². The molecule has 0 spiro atoms. The lowest BCUT2D eigenvalue weighted by Crippen LogP contribution is -2.08. The molecule has 0 saturated heterocycles. The molecule has 4 nitrogen and oxygen atoms in total. The second-order valence-electron chi connectivity index (χ2n) is 2.95. The molecule has 0 aromatic carbocycles. The molecular weight excluding hydrogens is 248 g/mol. The van der Waals surface area contributed by atoms with E-state index in [0.29, 0.717) is 6.54 Å². The Kier molecular flexibility index (Phi) is 3.69. The van der Waals surface area contributed by atoms with E-state index >= 15 is 0 Å². The number of hydrogen-bond acceptors (Lipinski definition) is 2. The van der Waals surface area contributed by atoms with Crippen molar-refractivity contribution in [1.29, 1.82) is 0 Å². The Labute approximate surface area is 91.1 Å². The molecule has 1 heterocycles. The third-order valence-corrected chi connectivity index (χ3v) is 2.93. The number of aromatic nitrogens is 2. The second kappa shape index (κ2) is 4.59. The number of aryl methyl sites for hydroxylation is 2. The molecule has 0 unspecified atom stereocenters. The van der Waals surface area contributed by atoms with Crippen molar-refractivity contribution in [2.24, 2.45) is 0 Å².